The second kappa shape index (κ2) is 1.74. The molecule has 0 saturated carbocycles. The molecule has 0 aromatic carbocycles. The first kappa shape index (κ1) is 5.56. The van der Waals surface area contributed by atoms with Crippen molar-refractivity contribution < 1.29 is 0 Å². The molecule has 10 heavy (non-hydrogen) atoms. The zero-order chi connectivity index (χ0) is 6.55. The minimum absolute atomic E-state index is 0.998. The zero-order valence-corrected chi connectivity index (χ0v) is 6.16. The summed E-state index contributed by atoms with van der Waals surface area (Å²) in [5.41, 5.74) is 0. The van der Waals surface area contributed by atoms with Gasteiger partial charge in [-0.2, -0.15) is 0 Å². The van der Waals surface area contributed by atoms with E-state index in [0.717, 1.165) is 11.8 Å². The molecular formula is C8H13N2. The van der Waals surface area contributed by atoms with E-state index in [4.69, 9.17) is 0 Å². The Morgan fingerprint density at radius 3 is 1.80 bits per heavy atom. The van der Waals surface area contributed by atoms with Crippen LogP contribution in [0.4, 0.5) is 0 Å². The van der Waals surface area contributed by atoms with Crippen LogP contribution < -0.4 is 0 Å². The van der Waals surface area contributed by atoms with Crippen molar-refractivity contribution in [2.45, 2.75) is 6.42 Å². The van der Waals surface area contributed by atoms with Crippen LogP contribution in [0.2, 0.25) is 0 Å². The van der Waals surface area contributed by atoms with Gasteiger partial charge in [-0.25, -0.2) is 0 Å². The van der Waals surface area contributed by atoms with E-state index in [1.54, 1.807) is 0 Å². The summed E-state index contributed by atoms with van der Waals surface area (Å²) in [6, 6.07) is 0. The summed E-state index contributed by atoms with van der Waals surface area (Å²) < 4.78 is 0. The molecule has 4 bridgehead atoms. The van der Waals surface area contributed by atoms with Crippen molar-refractivity contribution in [2.75, 3.05) is 26.2 Å². The summed E-state index contributed by atoms with van der Waals surface area (Å²) in [6.07, 6.45) is 1.50. The van der Waals surface area contributed by atoms with E-state index >= 15 is 0 Å². The topological polar surface area (TPSA) is 6.48 Å². The summed E-state index contributed by atoms with van der Waals surface area (Å²) in [6.45, 7) is 7.69. The van der Waals surface area contributed by atoms with Gasteiger partial charge in [-0.3, -0.25) is 9.80 Å². The van der Waals surface area contributed by atoms with Crippen molar-refractivity contribution in [1.82, 2.24) is 9.80 Å². The van der Waals surface area contributed by atoms with Gasteiger partial charge in [0.15, 0.2) is 0 Å². The standard InChI is InChI=1S/C8H13N2/c1-7-2-9-4-8(1)5-10(3-7)6-9/h6-8H,1-5H2. The molecule has 4 saturated heterocycles. The van der Waals surface area contributed by atoms with Crippen LogP contribution >= 0.6 is 0 Å². The summed E-state index contributed by atoms with van der Waals surface area (Å²) in [7, 11) is 0. The summed E-state index contributed by atoms with van der Waals surface area (Å²) in [5.74, 6) is 2.00. The van der Waals surface area contributed by atoms with Crippen molar-refractivity contribution >= 4 is 0 Å². The third-order valence-corrected chi connectivity index (χ3v) is 2.96. The Morgan fingerprint density at radius 1 is 0.900 bits per heavy atom. The fourth-order valence-corrected chi connectivity index (χ4v) is 2.78. The fraction of sp³-hybridized carbons (Fsp3) is 0.875. The molecule has 4 rings (SSSR count). The molecule has 4 heterocycles. The minimum Gasteiger partial charge on any atom is -0.285 e. The van der Waals surface area contributed by atoms with Crippen LogP contribution in [0.25, 0.3) is 0 Å². The number of nitrogens with zero attached hydrogens (tertiary/aromatic N) is 2. The Balaban J connectivity index is 1.90. The molecule has 2 nitrogen and oxygen atoms in total. The third-order valence-electron chi connectivity index (χ3n) is 2.96. The molecule has 4 aliphatic rings. The van der Waals surface area contributed by atoms with Crippen LogP contribution in [-0.2, 0) is 0 Å². The summed E-state index contributed by atoms with van der Waals surface area (Å²) in [4.78, 5) is 4.98. The quantitative estimate of drug-likeness (QED) is 0.476. The molecule has 0 atom stereocenters. The van der Waals surface area contributed by atoms with Gasteiger partial charge in [-0.05, 0) is 18.3 Å². The molecular weight excluding hydrogens is 124 g/mol. The first-order valence-electron chi connectivity index (χ1n) is 4.23. The van der Waals surface area contributed by atoms with Crippen molar-refractivity contribution in [3.05, 3.63) is 6.67 Å². The van der Waals surface area contributed by atoms with E-state index in [-0.39, 0.29) is 0 Å². The van der Waals surface area contributed by atoms with E-state index in [1.807, 2.05) is 0 Å². The third kappa shape index (κ3) is 0.663. The Kier molecular flexibility index (Phi) is 0.968. The fourth-order valence-electron chi connectivity index (χ4n) is 2.78. The average Bonchev–Trinajstić information content (AvgIpc) is 1.82. The highest BCUT2D eigenvalue weighted by molar-refractivity contribution is 4.96. The van der Waals surface area contributed by atoms with Crippen molar-refractivity contribution in [3.8, 4) is 0 Å². The first-order chi connectivity index (χ1) is 4.90. The first-order valence-corrected chi connectivity index (χ1v) is 4.23. The smallest absolute Gasteiger partial charge is 0.0921 e. The molecule has 0 N–H and O–H groups in total. The normalized spacial score (nSPS) is 57.6. The Hall–Kier alpha value is -0.0800. The second-order valence-electron chi connectivity index (χ2n) is 3.99. The highest BCUT2D eigenvalue weighted by Gasteiger charge is 2.39. The van der Waals surface area contributed by atoms with Crippen molar-refractivity contribution in [2.24, 2.45) is 11.8 Å². The Morgan fingerprint density at radius 2 is 1.40 bits per heavy atom. The lowest BCUT2D eigenvalue weighted by Crippen LogP contribution is -2.59. The predicted octanol–water partition coefficient (Wildman–Crippen LogP) is 0.373. The van der Waals surface area contributed by atoms with Gasteiger partial charge >= 0.3 is 0 Å². The van der Waals surface area contributed by atoms with Crippen LogP contribution in [0.5, 0.6) is 0 Å². The van der Waals surface area contributed by atoms with Gasteiger partial charge < -0.3 is 0 Å². The van der Waals surface area contributed by atoms with Gasteiger partial charge in [-0.15, -0.1) is 0 Å². The molecule has 0 amide bonds. The van der Waals surface area contributed by atoms with E-state index in [1.165, 1.54) is 32.6 Å². The maximum atomic E-state index is 2.49. The van der Waals surface area contributed by atoms with Crippen LogP contribution in [0.3, 0.4) is 0 Å². The average molecular weight is 137 g/mol. The summed E-state index contributed by atoms with van der Waals surface area (Å²) >= 11 is 0. The lowest BCUT2D eigenvalue weighted by Gasteiger charge is -2.52. The number of piperidine rings is 2. The molecule has 0 aliphatic carbocycles. The maximum absolute atomic E-state index is 2.49. The van der Waals surface area contributed by atoms with Crippen LogP contribution in [-0.4, -0.2) is 36.0 Å². The molecule has 55 valence electrons. The van der Waals surface area contributed by atoms with Gasteiger partial charge in [0, 0.05) is 26.2 Å². The van der Waals surface area contributed by atoms with Gasteiger partial charge in [0.1, 0.15) is 0 Å². The number of rotatable bonds is 0. The molecule has 4 aliphatic heterocycles. The van der Waals surface area contributed by atoms with Crippen LogP contribution in [0, 0.1) is 18.5 Å². The largest absolute Gasteiger partial charge is 0.285 e. The molecule has 0 aromatic heterocycles. The molecule has 0 aromatic rings. The lowest BCUT2D eigenvalue weighted by molar-refractivity contribution is -0.0292. The highest BCUT2D eigenvalue weighted by atomic mass is 15.4. The van der Waals surface area contributed by atoms with Gasteiger partial charge in [-0.1, -0.05) is 0 Å². The van der Waals surface area contributed by atoms with Crippen molar-refractivity contribution in [1.29, 1.82) is 0 Å². The number of hydrogen-bond donors (Lipinski definition) is 0. The van der Waals surface area contributed by atoms with Crippen molar-refractivity contribution in [3.63, 3.8) is 0 Å². The monoisotopic (exact) mass is 137 g/mol. The molecule has 0 spiro atoms. The summed E-state index contributed by atoms with van der Waals surface area (Å²) in [5, 5.41) is 0. The van der Waals surface area contributed by atoms with Gasteiger partial charge in [0.25, 0.3) is 0 Å². The lowest BCUT2D eigenvalue weighted by atomic mass is 9.83. The Bertz CT molecular complexity index is 98.8. The molecule has 4 fully saturated rings. The molecule has 2 heteroatoms. The number of hydrogen-bond acceptors (Lipinski definition) is 2. The van der Waals surface area contributed by atoms with Crippen LogP contribution in [0.15, 0.2) is 0 Å². The van der Waals surface area contributed by atoms with E-state index in [0.29, 0.717) is 0 Å². The van der Waals surface area contributed by atoms with Gasteiger partial charge in [0.05, 0.1) is 6.67 Å². The minimum atomic E-state index is 0.998. The van der Waals surface area contributed by atoms with Gasteiger partial charge in [0.2, 0.25) is 0 Å². The highest BCUT2D eigenvalue weighted by Crippen LogP contribution is 2.34. The van der Waals surface area contributed by atoms with E-state index in [2.05, 4.69) is 16.5 Å². The van der Waals surface area contributed by atoms with Crippen LogP contribution in [0.1, 0.15) is 6.42 Å². The van der Waals surface area contributed by atoms with E-state index in [9.17, 15) is 0 Å². The van der Waals surface area contributed by atoms with E-state index < -0.39 is 0 Å². The molecule has 1 radical (unpaired) electrons. The maximum Gasteiger partial charge on any atom is 0.0921 e. The Labute approximate surface area is 61.8 Å². The predicted molar refractivity (Wildman–Crippen MR) is 39.0 cm³/mol. The molecule has 0 unspecified atom stereocenters. The SMILES string of the molecule is [CH]1N2CC3CC(C2)CN1C3. The zero-order valence-electron chi connectivity index (χ0n) is 6.16. The second-order valence-corrected chi connectivity index (χ2v) is 3.99.